The van der Waals surface area contributed by atoms with Crippen LogP contribution in [0.25, 0.3) is 11.4 Å². The summed E-state index contributed by atoms with van der Waals surface area (Å²) in [6.45, 7) is 6.28. The molecule has 0 spiro atoms. The Balaban J connectivity index is 1.55. The van der Waals surface area contributed by atoms with Gasteiger partial charge in [-0.2, -0.15) is 4.98 Å². The molecule has 6 nitrogen and oxygen atoms in total. The molecule has 1 aromatic heterocycles. The quantitative estimate of drug-likeness (QED) is 0.659. The molecule has 132 valence electrons. The van der Waals surface area contributed by atoms with Crippen LogP contribution < -0.4 is 10.1 Å². The van der Waals surface area contributed by atoms with Crippen molar-refractivity contribution in [2.75, 3.05) is 6.61 Å². The van der Waals surface area contributed by atoms with Crippen molar-refractivity contribution in [3.8, 4) is 17.1 Å². The first-order valence-electron chi connectivity index (χ1n) is 8.15. The van der Waals surface area contributed by atoms with Crippen LogP contribution in [0.4, 0.5) is 0 Å². The summed E-state index contributed by atoms with van der Waals surface area (Å²) in [5, 5.41) is 6.68. The standard InChI is InChI=1S/C20H19N3O3/c1-14(2)13-25-17-10-8-16(9-11-17)20(24)21-12-18-22-19(23-26-18)15-6-4-3-5-7-15/h3-11H,1,12-13H2,2H3,(H,21,24). The third kappa shape index (κ3) is 4.57. The van der Waals surface area contributed by atoms with Crippen LogP contribution in [0.3, 0.4) is 0 Å². The molecule has 0 saturated carbocycles. The van der Waals surface area contributed by atoms with E-state index in [1.54, 1.807) is 24.3 Å². The maximum Gasteiger partial charge on any atom is 0.251 e. The highest BCUT2D eigenvalue weighted by atomic mass is 16.5. The fraction of sp³-hybridized carbons (Fsp3) is 0.150. The molecular formula is C20H19N3O3. The van der Waals surface area contributed by atoms with E-state index in [9.17, 15) is 4.79 Å². The van der Waals surface area contributed by atoms with Gasteiger partial charge in [0.2, 0.25) is 11.7 Å². The van der Waals surface area contributed by atoms with Gasteiger partial charge in [-0.25, -0.2) is 0 Å². The minimum absolute atomic E-state index is 0.159. The molecule has 2 aromatic carbocycles. The van der Waals surface area contributed by atoms with Crippen molar-refractivity contribution in [1.82, 2.24) is 15.5 Å². The lowest BCUT2D eigenvalue weighted by Crippen LogP contribution is -2.22. The van der Waals surface area contributed by atoms with Gasteiger partial charge in [-0.05, 0) is 36.8 Å². The number of rotatable bonds is 7. The molecule has 0 aliphatic rings. The molecular weight excluding hydrogens is 330 g/mol. The van der Waals surface area contributed by atoms with Crippen molar-refractivity contribution in [2.24, 2.45) is 0 Å². The Morgan fingerprint density at radius 3 is 2.58 bits per heavy atom. The zero-order valence-corrected chi connectivity index (χ0v) is 14.4. The molecule has 1 heterocycles. The molecule has 1 amide bonds. The van der Waals surface area contributed by atoms with Crippen LogP contribution in [0.1, 0.15) is 23.2 Å². The van der Waals surface area contributed by atoms with Crippen LogP contribution in [0.15, 0.2) is 71.3 Å². The third-order valence-corrected chi connectivity index (χ3v) is 3.50. The van der Waals surface area contributed by atoms with Crippen LogP contribution in [-0.2, 0) is 6.54 Å². The number of aromatic nitrogens is 2. The summed E-state index contributed by atoms with van der Waals surface area (Å²) < 4.78 is 10.7. The summed E-state index contributed by atoms with van der Waals surface area (Å²) in [7, 11) is 0. The molecule has 0 fully saturated rings. The largest absolute Gasteiger partial charge is 0.489 e. The minimum atomic E-state index is -0.226. The van der Waals surface area contributed by atoms with Gasteiger partial charge in [0.25, 0.3) is 5.91 Å². The number of carbonyl (C=O) groups is 1. The Hall–Kier alpha value is -3.41. The highest BCUT2D eigenvalue weighted by molar-refractivity contribution is 5.94. The van der Waals surface area contributed by atoms with Gasteiger partial charge >= 0.3 is 0 Å². The van der Waals surface area contributed by atoms with Gasteiger partial charge in [0, 0.05) is 11.1 Å². The maximum atomic E-state index is 12.2. The van der Waals surface area contributed by atoms with Crippen molar-refractivity contribution in [2.45, 2.75) is 13.5 Å². The third-order valence-electron chi connectivity index (χ3n) is 3.50. The lowest BCUT2D eigenvalue weighted by atomic mass is 10.2. The van der Waals surface area contributed by atoms with E-state index in [-0.39, 0.29) is 12.5 Å². The molecule has 0 atom stereocenters. The van der Waals surface area contributed by atoms with E-state index in [1.165, 1.54) is 0 Å². The monoisotopic (exact) mass is 349 g/mol. The van der Waals surface area contributed by atoms with Crippen molar-refractivity contribution in [3.05, 3.63) is 78.2 Å². The second-order valence-corrected chi connectivity index (χ2v) is 5.83. The Kier molecular flexibility index (Phi) is 5.43. The average molecular weight is 349 g/mol. The lowest BCUT2D eigenvalue weighted by Gasteiger charge is -2.07. The number of benzene rings is 2. The van der Waals surface area contributed by atoms with Crippen molar-refractivity contribution >= 4 is 5.91 Å². The molecule has 3 rings (SSSR count). The summed E-state index contributed by atoms with van der Waals surface area (Å²) in [6.07, 6.45) is 0. The highest BCUT2D eigenvalue weighted by Crippen LogP contribution is 2.15. The molecule has 0 bridgehead atoms. The molecule has 1 N–H and O–H groups in total. The Morgan fingerprint density at radius 2 is 1.88 bits per heavy atom. The summed E-state index contributed by atoms with van der Waals surface area (Å²) in [4.78, 5) is 16.5. The fourth-order valence-corrected chi connectivity index (χ4v) is 2.20. The van der Waals surface area contributed by atoms with Gasteiger partial charge in [0.05, 0.1) is 6.54 Å². The van der Waals surface area contributed by atoms with Crippen LogP contribution in [0, 0.1) is 0 Å². The van der Waals surface area contributed by atoms with Crippen molar-refractivity contribution in [1.29, 1.82) is 0 Å². The number of hydrogen-bond donors (Lipinski definition) is 1. The average Bonchev–Trinajstić information content (AvgIpc) is 3.14. The highest BCUT2D eigenvalue weighted by Gasteiger charge is 2.11. The van der Waals surface area contributed by atoms with E-state index in [0.29, 0.717) is 29.6 Å². The van der Waals surface area contributed by atoms with Crippen LogP contribution >= 0.6 is 0 Å². The molecule has 26 heavy (non-hydrogen) atoms. The van der Waals surface area contributed by atoms with E-state index >= 15 is 0 Å². The number of nitrogens with one attached hydrogen (secondary N) is 1. The molecule has 3 aromatic rings. The van der Waals surface area contributed by atoms with Crippen LogP contribution in [-0.4, -0.2) is 22.7 Å². The molecule has 6 heteroatoms. The fourth-order valence-electron chi connectivity index (χ4n) is 2.20. The van der Waals surface area contributed by atoms with Gasteiger partial charge in [-0.15, -0.1) is 0 Å². The van der Waals surface area contributed by atoms with Gasteiger partial charge in [-0.1, -0.05) is 42.1 Å². The Labute approximate surface area is 151 Å². The van der Waals surface area contributed by atoms with Crippen molar-refractivity contribution in [3.63, 3.8) is 0 Å². The molecule has 0 saturated heterocycles. The first kappa shape index (κ1) is 17.4. The number of ether oxygens (including phenoxy) is 1. The lowest BCUT2D eigenvalue weighted by molar-refractivity contribution is 0.0946. The zero-order valence-electron chi connectivity index (χ0n) is 14.4. The summed E-state index contributed by atoms with van der Waals surface area (Å²) in [5.41, 5.74) is 2.32. The maximum absolute atomic E-state index is 12.2. The van der Waals surface area contributed by atoms with Crippen molar-refractivity contribution < 1.29 is 14.1 Å². The normalized spacial score (nSPS) is 10.3. The zero-order chi connectivity index (χ0) is 18.4. The second-order valence-electron chi connectivity index (χ2n) is 5.83. The predicted octanol–water partition coefficient (Wildman–Crippen LogP) is 3.62. The predicted molar refractivity (Wildman–Crippen MR) is 97.7 cm³/mol. The topological polar surface area (TPSA) is 77.2 Å². The first-order valence-corrected chi connectivity index (χ1v) is 8.15. The van der Waals surface area contributed by atoms with E-state index in [0.717, 1.165) is 11.1 Å². The molecule has 0 unspecified atom stereocenters. The van der Waals surface area contributed by atoms with Crippen LogP contribution in [0.5, 0.6) is 5.75 Å². The second kappa shape index (κ2) is 8.11. The smallest absolute Gasteiger partial charge is 0.251 e. The van der Waals surface area contributed by atoms with E-state index in [2.05, 4.69) is 22.0 Å². The number of hydrogen-bond acceptors (Lipinski definition) is 5. The van der Waals surface area contributed by atoms with Gasteiger partial charge in [-0.3, -0.25) is 4.79 Å². The number of amides is 1. The molecule has 0 aliphatic heterocycles. The Morgan fingerprint density at radius 1 is 1.15 bits per heavy atom. The summed E-state index contributed by atoms with van der Waals surface area (Å²) in [5.74, 6) is 1.30. The van der Waals surface area contributed by atoms with Gasteiger partial charge in [0.1, 0.15) is 12.4 Å². The Bertz CT molecular complexity index is 886. The van der Waals surface area contributed by atoms with E-state index in [1.807, 2.05) is 37.3 Å². The first-order chi connectivity index (χ1) is 12.6. The molecule has 0 radical (unpaired) electrons. The van der Waals surface area contributed by atoms with E-state index in [4.69, 9.17) is 9.26 Å². The summed E-state index contributed by atoms with van der Waals surface area (Å²) >= 11 is 0. The number of carbonyl (C=O) groups excluding carboxylic acids is 1. The van der Waals surface area contributed by atoms with Gasteiger partial charge < -0.3 is 14.6 Å². The molecule has 0 aliphatic carbocycles. The van der Waals surface area contributed by atoms with Gasteiger partial charge in [0.15, 0.2) is 0 Å². The minimum Gasteiger partial charge on any atom is -0.489 e. The number of nitrogens with zero attached hydrogens (tertiary/aromatic N) is 2. The SMILES string of the molecule is C=C(C)COc1ccc(C(=O)NCc2nc(-c3ccccc3)no2)cc1. The van der Waals surface area contributed by atoms with E-state index < -0.39 is 0 Å². The summed E-state index contributed by atoms with van der Waals surface area (Å²) in [6, 6.07) is 16.4. The van der Waals surface area contributed by atoms with Crippen LogP contribution in [0.2, 0.25) is 0 Å².